The second kappa shape index (κ2) is 8.24. The Morgan fingerprint density at radius 1 is 1.31 bits per heavy atom. The Morgan fingerprint density at radius 2 is 2.12 bits per heavy atom. The van der Waals surface area contributed by atoms with Crippen LogP contribution in [0.4, 0.5) is 5.69 Å². The molecule has 2 heterocycles. The fraction of sp³-hybridized carbons (Fsp3) is 0.278. The Labute approximate surface area is 164 Å². The monoisotopic (exact) mass is 409 g/mol. The lowest BCUT2D eigenvalue weighted by Crippen LogP contribution is -2.15. The lowest BCUT2D eigenvalue weighted by molar-refractivity contribution is -0.139. The lowest BCUT2D eigenvalue weighted by atomic mass is 9.99. The average molecular weight is 410 g/mol. The normalized spacial score (nSPS) is 15.5. The van der Waals surface area contributed by atoms with Crippen LogP contribution in [0.2, 0.25) is 4.34 Å². The molecule has 1 aromatic heterocycles. The van der Waals surface area contributed by atoms with E-state index >= 15 is 0 Å². The Hall–Kier alpha value is -1.83. The molecule has 1 aliphatic rings. The van der Waals surface area contributed by atoms with Gasteiger partial charge < -0.3 is 10.1 Å². The van der Waals surface area contributed by atoms with Gasteiger partial charge in [-0.3, -0.25) is 14.4 Å². The second-order valence-corrected chi connectivity index (χ2v) is 8.58. The highest BCUT2D eigenvalue weighted by Crippen LogP contribution is 2.32. The summed E-state index contributed by atoms with van der Waals surface area (Å²) in [4.78, 5) is 36.8. The molecule has 136 valence electrons. The minimum absolute atomic E-state index is 0.0833. The number of fused-ring (bicyclic) bond motifs is 1. The fourth-order valence-corrected chi connectivity index (χ4v) is 4.54. The van der Waals surface area contributed by atoms with Gasteiger partial charge in [-0.2, -0.15) is 0 Å². The van der Waals surface area contributed by atoms with Crippen molar-refractivity contribution in [3.05, 3.63) is 50.7 Å². The zero-order chi connectivity index (χ0) is 18.7. The predicted octanol–water partition coefficient (Wildman–Crippen LogP) is 4.12. The summed E-state index contributed by atoms with van der Waals surface area (Å²) < 4.78 is 5.77. The van der Waals surface area contributed by atoms with Crippen LogP contribution in [0.5, 0.6) is 0 Å². The molecule has 1 aromatic carbocycles. The number of ether oxygens (including phenoxy) is 1. The maximum absolute atomic E-state index is 12.2. The standard InChI is InChI=1S/C18H16ClNO4S2/c1-10-13-6-11(2-4-14(13)20-18(10)23)15(21)7-24-17(22)9-25-8-12-3-5-16(19)26-12/h2-6,10H,7-9H2,1H3,(H,20,23)/t10-/m0/s1. The van der Waals surface area contributed by atoms with Crippen molar-refractivity contribution in [2.24, 2.45) is 0 Å². The molecule has 0 saturated carbocycles. The number of halogens is 1. The van der Waals surface area contributed by atoms with Gasteiger partial charge >= 0.3 is 5.97 Å². The molecule has 0 unspecified atom stereocenters. The minimum Gasteiger partial charge on any atom is -0.457 e. The molecule has 0 bridgehead atoms. The molecule has 0 saturated heterocycles. The zero-order valence-electron chi connectivity index (χ0n) is 13.9. The number of amides is 1. The first-order valence-corrected chi connectivity index (χ1v) is 10.2. The zero-order valence-corrected chi connectivity index (χ0v) is 16.3. The molecule has 0 fully saturated rings. The van der Waals surface area contributed by atoms with Gasteiger partial charge in [-0.05, 0) is 42.8 Å². The van der Waals surface area contributed by atoms with Gasteiger partial charge in [0, 0.05) is 21.9 Å². The number of carbonyl (C=O) groups is 3. The highest BCUT2D eigenvalue weighted by molar-refractivity contribution is 7.99. The van der Waals surface area contributed by atoms with Gasteiger partial charge in [-0.25, -0.2) is 0 Å². The van der Waals surface area contributed by atoms with Crippen LogP contribution in [-0.4, -0.2) is 30.0 Å². The van der Waals surface area contributed by atoms with E-state index in [0.29, 0.717) is 15.7 Å². The number of thioether (sulfide) groups is 1. The van der Waals surface area contributed by atoms with Gasteiger partial charge in [0.15, 0.2) is 12.4 Å². The summed E-state index contributed by atoms with van der Waals surface area (Å²) in [5, 5.41) is 2.76. The number of benzene rings is 1. The lowest BCUT2D eigenvalue weighted by Gasteiger charge is -2.07. The maximum Gasteiger partial charge on any atom is 0.316 e. The van der Waals surface area contributed by atoms with Crippen LogP contribution in [0.1, 0.15) is 33.6 Å². The van der Waals surface area contributed by atoms with Gasteiger partial charge in [0.05, 0.1) is 16.0 Å². The molecule has 2 aromatic rings. The van der Waals surface area contributed by atoms with Crippen molar-refractivity contribution in [2.45, 2.75) is 18.6 Å². The first-order chi connectivity index (χ1) is 12.4. The van der Waals surface area contributed by atoms with Crippen LogP contribution in [0.15, 0.2) is 30.3 Å². The van der Waals surface area contributed by atoms with E-state index in [-0.39, 0.29) is 30.0 Å². The maximum atomic E-state index is 12.2. The van der Waals surface area contributed by atoms with E-state index in [0.717, 1.165) is 16.1 Å². The minimum atomic E-state index is -0.433. The van der Waals surface area contributed by atoms with Gasteiger partial charge in [-0.15, -0.1) is 23.1 Å². The summed E-state index contributed by atoms with van der Waals surface area (Å²) in [5.41, 5.74) is 1.94. The number of ketones is 1. The molecule has 1 amide bonds. The Balaban J connectivity index is 1.46. The van der Waals surface area contributed by atoms with E-state index in [4.69, 9.17) is 16.3 Å². The molecule has 1 atom stereocenters. The molecule has 3 rings (SSSR count). The topological polar surface area (TPSA) is 72.5 Å². The molecule has 0 spiro atoms. The number of rotatable bonds is 7. The van der Waals surface area contributed by atoms with Crippen molar-refractivity contribution < 1.29 is 19.1 Å². The smallest absolute Gasteiger partial charge is 0.316 e. The Kier molecular flexibility index (Phi) is 6.01. The van der Waals surface area contributed by atoms with Crippen molar-refractivity contribution in [3.63, 3.8) is 0 Å². The van der Waals surface area contributed by atoms with Gasteiger partial charge in [-0.1, -0.05) is 11.6 Å². The van der Waals surface area contributed by atoms with E-state index < -0.39 is 5.97 Å². The molecule has 8 heteroatoms. The van der Waals surface area contributed by atoms with Crippen molar-refractivity contribution in [1.29, 1.82) is 0 Å². The number of thiophene rings is 1. The third kappa shape index (κ3) is 4.47. The quantitative estimate of drug-likeness (QED) is 0.550. The number of hydrogen-bond donors (Lipinski definition) is 1. The van der Waals surface area contributed by atoms with Crippen LogP contribution >= 0.6 is 34.7 Å². The number of anilines is 1. The van der Waals surface area contributed by atoms with E-state index in [1.165, 1.54) is 23.1 Å². The number of nitrogens with one attached hydrogen (secondary N) is 1. The van der Waals surface area contributed by atoms with Gasteiger partial charge in [0.2, 0.25) is 5.91 Å². The number of Topliss-reactive ketones (excluding diaryl/α,β-unsaturated/α-hetero) is 1. The Bertz CT molecular complexity index is 865. The molecule has 0 radical (unpaired) electrons. The van der Waals surface area contributed by atoms with E-state index in [9.17, 15) is 14.4 Å². The Morgan fingerprint density at radius 3 is 2.85 bits per heavy atom. The summed E-state index contributed by atoms with van der Waals surface area (Å²) in [7, 11) is 0. The molecule has 1 aliphatic heterocycles. The molecule has 0 aliphatic carbocycles. The van der Waals surface area contributed by atoms with E-state index in [1.807, 2.05) is 12.1 Å². The third-order valence-electron chi connectivity index (χ3n) is 3.95. The van der Waals surface area contributed by atoms with Gasteiger partial charge in [0.25, 0.3) is 0 Å². The van der Waals surface area contributed by atoms with Crippen LogP contribution in [-0.2, 0) is 20.1 Å². The molecule has 26 heavy (non-hydrogen) atoms. The fourth-order valence-electron chi connectivity index (χ4n) is 2.53. The van der Waals surface area contributed by atoms with Crippen LogP contribution in [0.25, 0.3) is 0 Å². The summed E-state index contributed by atoms with van der Waals surface area (Å²) in [5.74, 6) is -0.255. The summed E-state index contributed by atoms with van der Waals surface area (Å²) in [6.45, 7) is 1.48. The van der Waals surface area contributed by atoms with Crippen molar-refractivity contribution in [2.75, 3.05) is 17.7 Å². The van der Waals surface area contributed by atoms with Crippen molar-refractivity contribution >= 4 is 58.0 Å². The average Bonchev–Trinajstić information content (AvgIpc) is 3.16. The van der Waals surface area contributed by atoms with Crippen LogP contribution < -0.4 is 5.32 Å². The molecular weight excluding hydrogens is 394 g/mol. The van der Waals surface area contributed by atoms with Gasteiger partial charge in [0.1, 0.15) is 0 Å². The highest BCUT2D eigenvalue weighted by atomic mass is 35.5. The first kappa shape index (κ1) is 18.9. The van der Waals surface area contributed by atoms with E-state index in [1.54, 1.807) is 25.1 Å². The van der Waals surface area contributed by atoms with Crippen molar-refractivity contribution in [1.82, 2.24) is 0 Å². The highest BCUT2D eigenvalue weighted by Gasteiger charge is 2.27. The molecular formula is C18H16ClNO4S2. The molecule has 5 nitrogen and oxygen atoms in total. The third-order valence-corrected chi connectivity index (χ3v) is 6.32. The number of hydrogen-bond acceptors (Lipinski definition) is 6. The summed E-state index contributed by atoms with van der Waals surface area (Å²) >= 11 is 8.74. The largest absolute Gasteiger partial charge is 0.457 e. The van der Waals surface area contributed by atoms with Crippen molar-refractivity contribution in [3.8, 4) is 0 Å². The summed E-state index contributed by atoms with van der Waals surface area (Å²) in [6, 6.07) is 8.75. The van der Waals surface area contributed by atoms with Crippen LogP contribution in [0, 0.1) is 0 Å². The summed E-state index contributed by atoms with van der Waals surface area (Å²) in [6.07, 6.45) is 0. The number of esters is 1. The second-order valence-electron chi connectivity index (χ2n) is 5.80. The SMILES string of the molecule is C[C@@H]1C(=O)Nc2ccc(C(=O)COC(=O)CSCc3ccc(Cl)s3)cc21. The van der Waals surface area contributed by atoms with Crippen LogP contribution in [0.3, 0.4) is 0 Å². The van der Waals surface area contributed by atoms with E-state index in [2.05, 4.69) is 5.32 Å². The molecule has 1 N–H and O–H groups in total. The first-order valence-electron chi connectivity index (χ1n) is 7.89. The predicted molar refractivity (Wildman–Crippen MR) is 104 cm³/mol. The number of carbonyl (C=O) groups excluding carboxylic acids is 3.